The van der Waals surface area contributed by atoms with E-state index in [2.05, 4.69) is 79.0 Å². The third kappa shape index (κ3) is 5.20. The van der Waals surface area contributed by atoms with Crippen LogP contribution in [0.4, 0.5) is 0 Å². The summed E-state index contributed by atoms with van der Waals surface area (Å²) in [6.45, 7) is 20.6. The number of phenolic OH excluding ortho intramolecular Hbond substituents is 1. The van der Waals surface area contributed by atoms with Gasteiger partial charge in [0.15, 0.2) is 5.16 Å². The maximum Gasteiger partial charge on any atom is 0.168 e. The topological polar surface area (TPSA) is 38.0 Å². The Morgan fingerprint density at radius 2 is 1.52 bits per heavy atom. The van der Waals surface area contributed by atoms with Crippen molar-refractivity contribution in [2.75, 3.05) is 5.75 Å². The van der Waals surface area contributed by atoms with Gasteiger partial charge in [-0.2, -0.15) is 0 Å². The fourth-order valence-electron chi connectivity index (χ4n) is 3.75. The molecule has 1 aromatic carbocycles. The van der Waals surface area contributed by atoms with Gasteiger partial charge in [-0.25, -0.2) is 4.98 Å². The number of aromatic hydroxyl groups is 1. The zero-order valence-electron chi connectivity index (χ0n) is 19.9. The summed E-state index contributed by atoms with van der Waals surface area (Å²) >= 11 is 1.82. The van der Waals surface area contributed by atoms with E-state index in [1.807, 2.05) is 11.8 Å². The highest BCUT2D eigenvalue weighted by Gasteiger charge is 2.28. The van der Waals surface area contributed by atoms with Crippen LogP contribution in [-0.2, 0) is 23.8 Å². The average Bonchev–Trinajstić information content (AvgIpc) is 2.95. The van der Waals surface area contributed by atoms with Crippen LogP contribution in [0.1, 0.15) is 92.0 Å². The number of benzene rings is 1. The lowest BCUT2D eigenvalue weighted by atomic mass is 9.78. The minimum Gasteiger partial charge on any atom is -0.507 e. The SMILES string of the molecule is CCCCn1c(SCC)nc(-c2cc(C(C)(C)C)c(O)c(C(C)(C)C)c2)c1CC. The normalized spacial score (nSPS) is 12.6. The fourth-order valence-corrected chi connectivity index (χ4v) is 4.53. The van der Waals surface area contributed by atoms with Crippen LogP contribution in [0.2, 0.25) is 0 Å². The van der Waals surface area contributed by atoms with Gasteiger partial charge in [-0.1, -0.05) is 80.5 Å². The molecule has 0 atom stereocenters. The number of rotatable bonds is 7. The molecule has 0 saturated carbocycles. The summed E-state index contributed by atoms with van der Waals surface area (Å²) in [6, 6.07) is 4.33. The average molecular weight is 417 g/mol. The van der Waals surface area contributed by atoms with Gasteiger partial charge in [0.05, 0.1) is 5.69 Å². The van der Waals surface area contributed by atoms with Crippen molar-refractivity contribution in [3.8, 4) is 17.0 Å². The van der Waals surface area contributed by atoms with E-state index in [4.69, 9.17) is 4.98 Å². The molecule has 162 valence electrons. The van der Waals surface area contributed by atoms with Crippen LogP contribution in [0.15, 0.2) is 17.3 Å². The number of imidazole rings is 1. The van der Waals surface area contributed by atoms with Gasteiger partial charge in [-0.05, 0) is 41.6 Å². The summed E-state index contributed by atoms with van der Waals surface area (Å²) < 4.78 is 2.42. The molecule has 2 aromatic rings. The monoisotopic (exact) mass is 416 g/mol. The van der Waals surface area contributed by atoms with Crippen molar-refractivity contribution in [2.45, 2.75) is 104 Å². The molecule has 0 fully saturated rings. The lowest BCUT2D eigenvalue weighted by Gasteiger charge is -2.28. The van der Waals surface area contributed by atoms with Gasteiger partial charge in [0.25, 0.3) is 0 Å². The first-order chi connectivity index (χ1) is 13.5. The van der Waals surface area contributed by atoms with Gasteiger partial charge >= 0.3 is 0 Å². The first-order valence-corrected chi connectivity index (χ1v) is 12.0. The van der Waals surface area contributed by atoms with Crippen molar-refractivity contribution in [1.82, 2.24) is 9.55 Å². The smallest absolute Gasteiger partial charge is 0.168 e. The fraction of sp³-hybridized carbons (Fsp3) is 0.640. The summed E-state index contributed by atoms with van der Waals surface area (Å²) in [5, 5.41) is 12.2. The van der Waals surface area contributed by atoms with Crippen LogP contribution >= 0.6 is 11.8 Å². The molecule has 0 saturated heterocycles. The van der Waals surface area contributed by atoms with E-state index in [-0.39, 0.29) is 10.8 Å². The highest BCUT2D eigenvalue weighted by atomic mass is 32.2. The molecular weight excluding hydrogens is 376 g/mol. The van der Waals surface area contributed by atoms with Crippen LogP contribution in [0.5, 0.6) is 5.75 Å². The number of phenols is 1. The molecule has 0 spiro atoms. The van der Waals surface area contributed by atoms with Gasteiger partial charge in [0.1, 0.15) is 5.75 Å². The standard InChI is InChI=1S/C25H40N2OS/c1-10-13-14-27-20(11-2)21(26-23(27)29-12-3)17-15-18(24(4,5)6)22(28)19(16-17)25(7,8)9/h15-16,28H,10-14H2,1-9H3. The van der Waals surface area contributed by atoms with Crippen molar-refractivity contribution in [2.24, 2.45) is 0 Å². The summed E-state index contributed by atoms with van der Waals surface area (Å²) in [6.07, 6.45) is 3.29. The number of thioether (sulfide) groups is 1. The van der Waals surface area contributed by atoms with Crippen molar-refractivity contribution in [3.05, 3.63) is 29.0 Å². The van der Waals surface area contributed by atoms with Crippen molar-refractivity contribution in [3.63, 3.8) is 0 Å². The van der Waals surface area contributed by atoms with Crippen LogP contribution in [0.25, 0.3) is 11.3 Å². The second-order valence-corrected chi connectivity index (χ2v) is 11.1. The first kappa shape index (κ1) is 23.9. The van der Waals surface area contributed by atoms with Crippen LogP contribution in [0.3, 0.4) is 0 Å². The maximum absolute atomic E-state index is 11.1. The third-order valence-electron chi connectivity index (χ3n) is 5.38. The molecular formula is C25H40N2OS. The first-order valence-electron chi connectivity index (χ1n) is 11.1. The highest BCUT2D eigenvalue weighted by Crippen LogP contribution is 2.42. The Morgan fingerprint density at radius 1 is 0.966 bits per heavy atom. The van der Waals surface area contributed by atoms with Crippen molar-refractivity contribution in [1.29, 1.82) is 0 Å². The van der Waals surface area contributed by atoms with Gasteiger partial charge in [0.2, 0.25) is 0 Å². The summed E-state index contributed by atoms with van der Waals surface area (Å²) in [5.74, 6) is 1.45. The lowest BCUT2D eigenvalue weighted by molar-refractivity contribution is 0.423. The quantitative estimate of drug-likeness (QED) is 0.480. The Hall–Kier alpha value is -1.42. The predicted octanol–water partition coefficient (Wildman–Crippen LogP) is 7.33. The zero-order chi connectivity index (χ0) is 22.0. The lowest BCUT2D eigenvalue weighted by Crippen LogP contribution is -2.17. The van der Waals surface area contributed by atoms with Gasteiger partial charge in [0, 0.05) is 28.9 Å². The Morgan fingerprint density at radius 3 is 1.93 bits per heavy atom. The number of unbranched alkanes of at least 4 members (excludes halogenated alkanes) is 1. The Kier molecular flexibility index (Phi) is 7.53. The Labute approximate surface area is 182 Å². The largest absolute Gasteiger partial charge is 0.507 e. The third-order valence-corrected chi connectivity index (χ3v) is 6.24. The van der Waals surface area contributed by atoms with E-state index >= 15 is 0 Å². The van der Waals surface area contributed by atoms with E-state index in [1.165, 1.54) is 12.1 Å². The minimum absolute atomic E-state index is 0.141. The molecule has 1 heterocycles. The van der Waals surface area contributed by atoms with Crippen LogP contribution in [-0.4, -0.2) is 20.4 Å². The molecule has 0 aliphatic heterocycles. The maximum atomic E-state index is 11.1. The number of aromatic nitrogens is 2. The van der Waals surface area contributed by atoms with Crippen molar-refractivity contribution < 1.29 is 5.11 Å². The molecule has 1 N–H and O–H groups in total. The molecule has 0 aliphatic carbocycles. The Bertz CT molecular complexity index is 803. The van der Waals surface area contributed by atoms with Gasteiger partial charge in [-0.15, -0.1) is 0 Å². The highest BCUT2D eigenvalue weighted by molar-refractivity contribution is 7.99. The van der Waals surface area contributed by atoms with E-state index in [1.54, 1.807) is 0 Å². The number of hydrogen-bond acceptors (Lipinski definition) is 3. The molecule has 1 aromatic heterocycles. The van der Waals surface area contributed by atoms with Crippen LogP contribution in [0, 0.1) is 0 Å². The molecule has 0 amide bonds. The summed E-state index contributed by atoms with van der Waals surface area (Å²) in [4.78, 5) is 5.11. The van der Waals surface area contributed by atoms with Crippen molar-refractivity contribution >= 4 is 11.8 Å². The molecule has 3 nitrogen and oxygen atoms in total. The summed E-state index contributed by atoms with van der Waals surface area (Å²) in [5.41, 5.74) is 5.22. The van der Waals surface area contributed by atoms with Crippen LogP contribution < -0.4 is 0 Å². The summed E-state index contributed by atoms with van der Waals surface area (Å²) in [7, 11) is 0. The van der Waals surface area contributed by atoms with E-state index in [0.29, 0.717) is 5.75 Å². The molecule has 0 radical (unpaired) electrons. The second-order valence-electron chi connectivity index (χ2n) is 9.90. The minimum atomic E-state index is -0.141. The molecule has 4 heteroatoms. The van der Waals surface area contributed by atoms with E-state index in [0.717, 1.165) is 52.7 Å². The predicted molar refractivity (Wildman–Crippen MR) is 127 cm³/mol. The molecule has 0 aliphatic rings. The molecule has 0 bridgehead atoms. The van der Waals surface area contributed by atoms with Gasteiger partial charge < -0.3 is 9.67 Å². The number of nitrogens with zero attached hydrogens (tertiary/aromatic N) is 2. The Balaban J connectivity index is 2.79. The molecule has 2 rings (SSSR count). The molecule has 29 heavy (non-hydrogen) atoms. The zero-order valence-corrected chi connectivity index (χ0v) is 20.8. The molecule has 0 unspecified atom stereocenters. The second kappa shape index (κ2) is 9.16. The van der Waals surface area contributed by atoms with E-state index < -0.39 is 0 Å². The van der Waals surface area contributed by atoms with E-state index in [9.17, 15) is 5.11 Å². The number of hydrogen-bond donors (Lipinski definition) is 1. The van der Waals surface area contributed by atoms with Gasteiger partial charge in [-0.3, -0.25) is 0 Å².